The third kappa shape index (κ3) is 4.64. The number of nitrogens with one attached hydrogen (secondary N) is 1. The summed E-state index contributed by atoms with van der Waals surface area (Å²) in [4.78, 5) is 16.9. The third-order valence-corrected chi connectivity index (χ3v) is 5.64. The number of nitrogens with zero attached hydrogens (tertiary/aromatic N) is 1. The molecule has 0 aliphatic carbocycles. The average molecular weight is 382 g/mol. The van der Waals surface area contributed by atoms with Gasteiger partial charge in [-0.3, -0.25) is 4.79 Å². The molecule has 1 N–H and O–H groups in total. The molecule has 1 fully saturated rings. The Morgan fingerprint density at radius 2 is 2.07 bits per heavy atom. The van der Waals surface area contributed by atoms with Crippen molar-refractivity contribution in [2.75, 3.05) is 19.8 Å². The zero-order valence-corrected chi connectivity index (χ0v) is 15.8. The van der Waals surface area contributed by atoms with Crippen LogP contribution in [0, 0.1) is 0 Å². The minimum absolute atomic E-state index is 0.0817. The fourth-order valence-electron chi connectivity index (χ4n) is 3.08. The maximum absolute atomic E-state index is 12.3. The standard InChI is InChI=1S/C21H22N2O3S/c24-21(22-12-11-20-23-18-5-1-2-6-19(18)27-20)15-7-9-16(10-8-15)26-14-17-4-3-13-25-17/h1-2,5-10,17H,3-4,11-14H2,(H,22,24). The minimum Gasteiger partial charge on any atom is -0.491 e. The van der Waals surface area contributed by atoms with Gasteiger partial charge in [-0.25, -0.2) is 4.98 Å². The number of hydrogen-bond donors (Lipinski definition) is 1. The summed E-state index contributed by atoms with van der Waals surface area (Å²) < 4.78 is 12.5. The molecule has 1 atom stereocenters. The molecule has 2 heterocycles. The molecule has 6 heteroatoms. The highest BCUT2D eigenvalue weighted by Gasteiger charge is 2.16. The van der Waals surface area contributed by atoms with E-state index in [4.69, 9.17) is 9.47 Å². The Morgan fingerprint density at radius 1 is 1.22 bits per heavy atom. The van der Waals surface area contributed by atoms with E-state index in [0.717, 1.165) is 42.1 Å². The van der Waals surface area contributed by atoms with E-state index in [1.165, 1.54) is 4.70 Å². The van der Waals surface area contributed by atoms with Crippen LogP contribution in [0.3, 0.4) is 0 Å². The quantitative estimate of drug-likeness (QED) is 0.675. The summed E-state index contributed by atoms with van der Waals surface area (Å²) in [7, 11) is 0. The predicted octanol–water partition coefficient (Wildman–Crippen LogP) is 3.83. The molecule has 27 heavy (non-hydrogen) atoms. The first-order chi connectivity index (χ1) is 13.3. The molecule has 1 aliphatic rings. The van der Waals surface area contributed by atoms with Crippen LogP contribution in [0.2, 0.25) is 0 Å². The lowest BCUT2D eigenvalue weighted by Crippen LogP contribution is -2.25. The molecule has 0 saturated carbocycles. The number of rotatable bonds is 7. The third-order valence-electron chi connectivity index (χ3n) is 4.54. The molecule has 0 radical (unpaired) electrons. The molecule has 1 saturated heterocycles. The first kappa shape index (κ1) is 17.9. The second-order valence-electron chi connectivity index (χ2n) is 6.55. The summed E-state index contributed by atoms with van der Waals surface area (Å²) in [6.45, 7) is 1.95. The molecule has 3 aromatic rings. The van der Waals surface area contributed by atoms with Gasteiger partial charge < -0.3 is 14.8 Å². The molecular weight excluding hydrogens is 360 g/mol. The van der Waals surface area contributed by atoms with Crippen molar-refractivity contribution in [1.29, 1.82) is 0 Å². The van der Waals surface area contributed by atoms with Crippen LogP contribution < -0.4 is 10.1 Å². The second kappa shape index (κ2) is 8.50. The molecule has 0 bridgehead atoms. The van der Waals surface area contributed by atoms with E-state index in [1.807, 2.05) is 30.3 Å². The first-order valence-electron chi connectivity index (χ1n) is 9.25. The largest absolute Gasteiger partial charge is 0.491 e. The molecule has 1 amide bonds. The zero-order valence-electron chi connectivity index (χ0n) is 15.0. The lowest BCUT2D eigenvalue weighted by atomic mass is 10.2. The highest BCUT2D eigenvalue weighted by Crippen LogP contribution is 2.21. The lowest BCUT2D eigenvalue weighted by Gasteiger charge is -2.11. The Bertz CT molecular complexity index is 868. The minimum atomic E-state index is -0.0817. The van der Waals surface area contributed by atoms with Gasteiger partial charge in [-0.1, -0.05) is 12.1 Å². The Kier molecular flexibility index (Phi) is 5.65. The topological polar surface area (TPSA) is 60.5 Å². The van der Waals surface area contributed by atoms with E-state index >= 15 is 0 Å². The lowest BCUT2D eigenvalue weighted by molar-refractivity contribution is 0.0679. The maximum Gasteiger partial charge on any atom is 0.251 e. The fourth-order valence-corrected chi connectivity index (χ4v) is 4.05. The van der Waals surface area contributed by atoms with Crippen molar-refractivity contribution in [2.24, 2.45) is 0 Å². The summed E-state index contributed by atoms with van der Waals surface area (Å²) in [5.41, 5.74) is 1.64. The summed E-state index contributed by atoms with van der Waals surface area (Å²) in [5.74, 6) is 0.679. The number of ether oxygens (including phenoxy) is 2. The van der Waals surface area contributed by atoms with Gasteiger partial charge in [0.05, 0.1) is 21.3 Å². The number of aromatic nitrogens is 1. The summed E-state index contributed by atoms with van der Waals surface area (Å²) in [6.07, 6.45) is 3.07. The van der Waals surface area contributed by atoms with Gasteiger partial charge in [0.15, 0.2) is 0 Å². The number of amides is 1. The van der Waals surface area contributed by atoms with Gasteiger partial charge in [-0.2, -0.15) is 0 Å². The van der Waals surface area contributed by atoms with Crippen molar-refractivity contribution < 1.29 is 14.3 Å². The van der Waals surface area contributed by atoms with Crippen LogP contribution in [0.5, 0.6) is 5.75 Å². The number of hydrogen-bond acceptors (Lipinski definition) is 5. The van der Waals surface area contributed by atoms with Gasteiger partial charge >= 0.3 is 0 Å². The first-order valence-corrected chi connectivity index (χ1v) is 10.1. The van der Waals surface area contributed by atoms with Crippen molar-refractivity contribution in [3.63, 3.8) is 0 Å². The van der Waals surface area contributed by atoms with Crippen molar-refractivity contribution >= 4 is 27.5 Å². The molecule has 1 aromatic heterocycles. The van der Waals surface area contributed by atoms with E-state index in [9.17, 15) is 4.79 Å². The van der Waals surface area contributed by atoms with Gasteiger partial charge in [-0.15, -0.1) is 11.3 Å². The second-order valence-corrected chi connectivity index (χ2v) is 7.67. The van der Waals surface area contributed by atoms with Crippen LogP contribution in [-0.2, 0) is 11.2 Å². The highest BCUT2D eigenvalue weighted by atomic mass is 32.1. The van der Waals surface area contributed by atoms with Crippen LogP contribution in [0.15, 0.2) is 48.5 Å². The van der Waals surface area contributed by atoms with Crippen molar-refractivity contribution in [3.8, 4) is 5.75 Å². The summed E-state index contributed by atoms with van der Waals surface area (Å²) in [5, 5.41) is 3.99. The van der Waals surface area contributed by atoms with Gasteiger partial charge in [0.25, 0.3) is 5.91 Å². The number of fused-ring (bicyclic) bond motifs is 1. The number of carbonyl (C=O) groups is 1. The number of thiazole rings is 1. The fraction of sp³-hybridized carbons (Fsp3) is 0.333. The number of para-hydroxylation sites is 1. The monoisotopic (exact) mass is 382 g/mol. The van der Waals surface area contributed by atoms with Crippen molar-refractivity contribution in [1.82, 2.24) is 10.3 Å². The Balaban J connectivity index is 1.25. The maximum atomic E-state index is 12.3. The predicted molar refractivity (Wildman–Crippen MR) is 107 cm³/mol. The van der Waals surface area contributed by atoms with Crippen LogP contribution in [-0.4, -0.2) is 36.8 Å². The Morgan fingerprint density at radius 3 is 2.85 bits per heavy atom. The molecule has 0 spiro atoms. The van der Waals surface area contributed by atoms with Gasteiger partial charge in [0.2, 0.25) is 0 Å². The normalized spacial score (nSPS) is 16.5. The molecule has 4 rings (SSSR count). The SMILES string of the molecule is O=C(NCCc1nc2ccccc2s1)c1ccc(OCC2CCCO2)cc1. The van der Waals surface area contributed by atoms with Crippen molar-refractivity contribution in [3.05, 3.63) is 59.1 Å². The van der Waals surface area contributed by atoms with Crippen molar-refractivity contribution in [2.45, 2.75) is 25.4 Å². The molecule has 2 aromatic carbocycles. The van der Waals surface area contributed by atoms with Crippen LogP contribution in [0.1, 0.15) is 28.2 Å². The van der Waals surface area contributed by atoms with E-state index < -0.39 is 0 Å². The van der Waals surface area contributed by atoms with Gasteiger partial charge in [0, 0.05) is 25.1 Å². The number of benzene rings is 2. The van der Waals surface area contributed by atoms with Crippen LogP contribution >= 0.6 is 11.3 Å². The molecule has 1 aliphatic heterocycles. The summed E-state index contributed by atoms with van der Waals surface area (Å²) in [6, 6.07) is 15.3. The van der Waals surface area contributed by atoms with Crippen LogP contribution in [0.25, 0.3) is 10.2 Å². The molecule has 140 valence electrons. The Hall–Kier alpha value is -2.44. The molecule has 5 nitrogen and oxygen atoms in total. The molecular formula is C21H22N2O3S. The smallest absolute Gasteiger partial charge is 0.251 e. The zero-order chi connectivity index (χ0) is 18.5. The van der Waals surface area contributed by atoms with Gasteiger partial charge in [0.1, 0.15) is 12.4 Å². The summed E-state index contributed by atoms with van der Waals surface area (Å²) >= 11 is 1.67. The highest BCUT2D eigenvalue weighted by molar-refractivity contribution is 7.18. The van der Waals surface area contributed by atoms with E-state index in [1.54, 1.807) is 23.5 Å². The van der Waals surface area contributed by atoms with E-state index in [-0.39, 0.29) is 12.0 Å². The molecule has 1 unspecified atom stereocenters. The van der Waals surface area contributed by atoms with Crippen LogP contribution in [0.4, 0.5) is 0 Å². The van der Waals surface area contributed by atoms with E-state index in [0.29, 0.717) is 18.7 Å². The van der Waals surface area contributed by atoms with Gasteiger partial charge in [-0.05, 0) is 49.2 Å². The average Bonchev–Trinajstić information content (AvgIpc) is 3.36. The number of carbonyl (C=O) groups excluding carboxylic acids is 1. The van der Waals surface area contributed by atoms with E-state index in [2.05, 4.69) is 16.4 Å². The Labute approximate surface area is 162 Å².